The van der Waals surface area contributed by atoms with Crippen molar-refractivity contribution < 1.29 is 22.3 Å². The van der Waals surface area contributed by atoms with Gasteiger partial charge >= 0.3 is 0 Å². The van der Waals surface area contributed by atoms with Gasteiger partial charge in [-0.05, 0) is 31.9 Å². The molecule has 1 unspecified atom stereocenters. The highest BCUT2D eigenvalue weighted by molar-refractivity contribution is 7.88. The number of ether oxygens (including phenoxy) is 1. The molecule has 0 spiro atoms. The van der Waals surface area contributed by atoms with Crippen molar-refractivity contribution in [3.63, 3.8) is 0 Å². The van der Waals surface area contributed by atoms with E-state index < -0.39 is 21.6 Å². The van der Waals surface area contributed by atoms with Crippen LogP contribution in [0.2, 0.25) is 5.02 Å². The maximum atomic E-state index is 13.9. The Labute approximate surface area is 158 Å². The Kier molecular flexibility index (Phi) is 7.40. The van der Waals surface area contributed by atoms with Gasteiger partial charge < -0.3 is 10.1 Å². The van der Waals surface area contributed by atoms with Crippen LogP contribution in [0.15, 0.2) is 18.2 Å². The van der Waals surface area contributed by atoms with Gasteiger partial charge in [0.25, 0.3) is 0 Å². The summed E-state index contributed by atoms with van der Waals surface area (Å²) in [5.41, 5.74) is -0.0255. The first-order chi connectivity index (χ1) is 12.2. The molecule has 1 aromatic carbocycles. The number of methoxy groups -OCH3 is 1. The summed E-state index contributed by atoms with van der Waals surface area (Å²) in [4.78, 5) is 12.2. The minimum atomic E-state index is -3.71. The topological polar surface area (TPSA) is 75.7 Å². The molecule has 0 aromatic heterocycles. The van der Waals surface area contributed by atoms with Crippen LogP contribution in [0, 0.1) is 11.7 Å². The molecule has 146 valence electrons. The van der Waals surface area contributed by atoms with Crippen molar-refractivity contribution in [3.05, 3.63) is 34.6 Å². The lowest BCUT2D eigenvalue weighted by Gasteiger charge is -2.31. The summed E-state index contributed by atoms with van der Waals surface area (Å²) >= 11 is 5.93. The minimum Gasteiger partial charge on any atom is -0.383 e. The Hall–Kier alpha value is -1.22. The van der Waals surface area contributed by atoms with E-state index in [0.717, 1.165) is 0 Å². The summed E-state index contributed by atoms with van der Waals surface area (Å²) < 4.78 is 45.3. The third-order valence-electron chi connectivity index (χ3n) is 4.41. The highest BCUT2D eigenvalue weighted by atomic mass is 35.5. The highest BCUT2D eigenvalue weighted by Crippen LogP contribution is 2.26. The van der Waals surface area contributed by atoms with Crippen LogP contribution in [0.1, 0.15) is 25.3 Å². The molecule has 1 heterocycles. The van der Waals surface area contributed by atoms with E-state index in [1.54, 1.807) is 7.11 Å². The van der Waals surface area contributed by atoms with Crippen molar-refractivity contribution in [1.82, 2.24) is 9.62 Å². The molecule has 1 amide bonds. The average molecular weight is 407 g/mol. The van der Waals surface area contributed by atoms with E-state index in [1.807, 2.05) is 6.92 Å². The van der Waals surface area contributed by atoms with E-state index in [0.29, 0.717) is 19.4 Å². The highest BCUT2D eigenvalue weighted by Gasteiger charge is 2.32. The van der Waals surface area contributed by atoms with Gasteiger partial charge in [-0.15, -0.1) is 0 Å². The lowest BCUT2D eigenvalue weighted by Crippen LogP contribution is -2.45. The van der Waals surface area contributed by atoms with Gasteiger partial charge in [0.15, 0.2) is 0 Å². The minimum absolute atomic E-state index is 0.0255. The van der Waals surface area contributed by atoms with Gasteiger partial charge in [-0.2, -0.15) is 0 Å². The normalized spacial score (nSPS) is 17.8. The number of hydrogen-bond donors (Lipinski definition) is 1. The summed E-state index contributed by atoms with van der Waals surface area (Å²) in [7, 11) is -2.14. The number of carbonyl (C=O) groups excluding carboxylic acids is 1. The van der Waals surface area contributed by atoms with Crippen LogP contribution in [-0.2, 0) is 25.3 Å². The molecular weight excluding hydrogens is 383 g/mol. The van der Waals surface area contributed by atoms with Crippen molar-refractivity contribution in [2.75, 3.05) is 26.8 Å². The summed E-state index contributed by atoms with van der Waals surface area (Å²) in [6, 6.07) is 3.99. The third-order valence-corrected chi connectivity index (χ3v) is 6.57. The van der Waals surface area contributed by atoms with E-state index in [4.69, 9.17) is 16.3 Å². The maximum absolute atomic E-state index is 13.9. The van der Waals surface area contributed by atoms with Crippen LogP contribution in [0.4, 0.5) is 4.39 Å². The number of sulfonamides is 1. The van der Waals surface area contributed by atoms with E-state index in [1.165, 1.54) is 22.5 Å². The molecule has 6 nitrogen and oxygen atoms in total. The number of hydrogen-bond acceptors (Lipinski definition) is 4. The number of nitrogens with one attached hydrogen (secondary N) is 1. The van der Waals surface area contributed by atoms with Crippen LogP contribution >= 0.6 is 11.6 Å². The molecule has 0 bridgehead atoms. The van der Waals surface area contributed by atoms with Gasteiger partial charge in [0.2, 0.25) is 15.9 Å². The zero-order valence-corrected chi connectivity index (χ0v) is 16.4. The number of piperidine rings is 1. The molecule has 1 saturated heterocycles. The molecular formula is C17H24ClFN2O4S. The Morgan fingerprint density at radius 2 is 2.08 bits per heavy atom. The molecule has 2 rings (SSSR count). The largest absolute Gasteiger partial charge is 0.383 e. The predicted molar refractivity (Wildman–Crippen MR) is 97.8 cm³/mol. The first-order valence-electron chi connectivity index (χ1n) is 8.44. The second-order valence-electron chi connectivity index (χ2n) is 6.49. The second-order valence-corrected chi connectivity index (χ2v) is 8.87. The fourth-order valence-electron chi connectivity index (χ4n) is 2.99. The molecule has 0 saturated carbocycles. The molecule has 1 atom stereocenters. The Balaban J connectivity index is 1.95. The number of amides is 1. The summed E-state index contributed by atoms with van der Waals surface area (Å²) in [6.07, 6.45) is 0.853. The molecule has 1 N–H and O–H groups in total. The number of rotatable bonds is 7. The lowest BCUT2D eigenvalue weighted by atomic mass is 9.97. The average Bonchev–Trinajstić information content (AvgIpc) is 2.58. The Bertz CT molecular complexity index is 716. The molecule has 1 fully saturated rings. The lowest BCUT2D eigenvalue weighted by molar-refractivity contribution is -0.127. The van der Waals surface area contributed by atoms with Crippen LogP contribution in [0.5, 0.6) is 0 Å². The van der Waals surface area contributed by atoms with Crippen molar-refractivity contribution in [2.45, 2.75) is 31.6 Å². The zero-order valence-electron chi connectivity index (χ0n) is 14.9. The standard InChI is InChI=1S/C17H24ClFN2O4S/c1-12(10-25-2)20-17(22)13-6-8-21(9-7-13)26(23,24)11-14-15(18)4-3-5-16(14)19/h3-5,12-13H,6-11H2,1-2H3,(H,20,22). The molecule has 9 heteroatoms. The van der Waals surface area contributed by atoms with Crippen LogP contribution in [-0.4, -0.2) is 51.5 Å². The van der Waals surface area contributed by atoms with Crippen molar-refractivity contribution in [1.29, 1.82) is 0 Å². The van der Waals surface area contributed by atoms with Crippen LogP contribution < -0.4 is 5.32 Å². The van der Waals surface area contributed by atoms with Crippen molar-refractivity contribution in [2.24, 2.45) is 5.92 Å². The molecule has 1 aliphatic heterocycles. The van der Waals surface area contributed by atoms with Gasteiger partial charge in [0.05, 0.1) is 12.4 Å². The summed E-state index contributed by atoms with van der Waals surface area (Å²) in [6.45, 7) is 2.72. The van der Waals surface area contributed by atoms with E-state index >= 15 is 0 Å². The van der Waals surface area contributed by atoms with E-state index in [2.05, 4.69) is 5.32 Å². The first-order valence-corrected chi connectivity index (χ1v) is 10.4. The third kappa shape index (κ3) is 5.39. The molecule has 1 aromatic rings. The first kappa shape index (κ1) is 21.1. The van der Waals surface area contributed by atoms with Crippen molar-refractivity contribution >= 4 is 27.5 Å². The molecule has 0 radical (unpaired) electrons. The Morgan fingerprint density at radius 3 is 2.65 bits per heavy atom. The molecule has 26 heavy (non-hydrogen) atoms. The quantitative estimate of drug-likeness (QED) is 0.753. The Morgan fingerprint density at radius 1 is 1.42 bits per heavy atom. The summed E-state index contributed by atoms with van der Waals surface area (Å²) in [5.74, 6) is -1.45. The van der Waals surface area contributed by atoms with E-state index in [-0.39, 0.29) is 41.5 Å². The van der Waals surface area contributed by atoms with Gasteiger partial charge in [-0.25, -0.2) is 17.1 Å². The zero-order chi connectivity index (χ0) is 19.3. The van der Waals surface area contributed by atoms with Crippen LogP contribution in [0.25, 0.3) is 0 Å². The van der Waals surface area contributed by atoms with E-state index in [9.17, 15) is 17.6 Å². The second kappa shape index (κ2) is 9.12. The number of nitrogens with zero attached hydrogens (tertiary/aromatic N) is 1. The number of benzene rings is 1. The van der Waals surface area contributed by atoms with Gasteiger partial charge in [-0.3, -0.25) is 4.79 Å². The number of carbonyl (C=O) groups is 1. The van der Waals surface area contributed by atoms with Crippen LogP contribution in [0.3, 0.4) is 0 Å². The van der Waals surface area contributed by atoms with Gasteiger partial charge in [0, 0.05) is 42.7 Å². The number of halogens is 2. The van der Waals surface area contributed by atoms with Crippen molar-refractivity contribution in [3.8, 4) is 0 Å². The maximum Gasteiger partial charge on any atom is 0.223 e. The smallest absolute Gasteiger partial charge is 0.223 e. The SMILES string of the molecule is COCC(C)NC(=O)C1CCN(S(=O)(=O)Cc2c(F)cccc2Cl)CC1. The van der Waals surface area contributed by atoms with Gasteiger partial charge in [-0.1, -0.05) is 17.7 Å². The van der Waals surface area contributed by atoms with Gasteiger partial charge in [0.1, 0.15) is 5.82 Å². The monoisotopic (exact) mass is 406 g/mol. The summed E-state index contributed by atoms with van der Waals surface area (Å²) in [5, 5.41) is 2.95. The molecule has 1 aliphatic rings. The fourth-order valence-corrected chi connectivity index (χ4v) is 4.91. The predicted octanol–water partition coefficient (Wildman–Crippen LogP) is 2.17. The fraction of sp³-hybridized carbons (Fsp3) is 0.588. The molecule has 0 aliphatic carbocycles.